The predicted octanol–water partition coefficient (Wildman–Crippen LogP) is 1.77. The molecule has 27 heavy (non-hydrogen) atoms. The van der Waals surface area contributed by atoms with Gasteiger partial charge in [-0.25, -0.2) is 9.36 Å². The lowest BCUT2D eigenvalue weighted by molar-refractivity contribution is -0.138. The van der Waals surface area contributed by atoms with Crippen molar-refractivity contribution in [2.75, 3.05) is 0 Å². The minimum atomic E-state index is -0.354. The third-order valence-electron chi connectivity index (χ3n) is 5.22. The summed E-state index contributed by atoms with van der Waals surface area (Å²) in [5.41, 5.74) is 0.827. The van der Waals surface area contributed by atoms with Crippen molar-refractivity contribution in [3.63, 3.8) is 0 Å². The monoisotopic (exact) mass is 366 g/mol. The van der Waals surface area contributed by atoms with E-state index in [4.69, 9.17) is 0 Å². The number of amides is 1. The molecule has 2 atom stereocenters. The first-order valence-corrected chi connectivity index (χ1v) is 9.24. The molecule has 1 aliphatic heterocycles. The average molecular weight is 366 g/mol. The number of piperidine rings is 1. The van der Waals surface area contributed by atoms with Crippen LogP contribution < -0.4 is 5.56 Å². The Balaban J connectivity index is 1.65. The molecular weight excluding hydrogens is 344 g/mol. The van der Waals surface area contributed by atoms with Crippen LogP contribution in [0.4, 0.5) is 0 Å². The van der Waals surface area contributed by atoms with Gasteiger partial charge in [0.15, 0.2) is 5.65 Å². The molecule has 1 fully saturated rings. The van der Waals surface area contributed by atoms with E-state index in [0.29, 0.717) is 11.0 Å². The smallest absolute Gasteiger partial charge is 0.281 e. The number of aromatic nitrogens is 5. The van der Waals surface area contributed by atoms with Gasteiger partial charge in [0, 0.05) is 12.1 Å². The number of fused-ring (bicyclic) bond motifs is 1. The lowest BCUT2D eigenvalue weighted by Crippen LogP contribution is -2.49. The highest BCUT2D eigenvalue weighted by molar-refractivity contribution is 5.78. The van der Waals surface area contributed by atoms with Gasteiger partial charge in [-0.2, -0.15) is 5.10 Å². The molecule has 0 radical (unpaired) electrons. The van der Waals surface area contributed by atoms with E-state index >= 15 is 0 Å². The summed E-state index contributed by atoms with van der Waals surface area (Å²) in [7, 11) is 0. The van der Waals surface area contributed by atoms with E-state index in [-0.39, 0.29) is 30.1 Å². The van der Waals surface area contributed by atoms with Crippen molar-refractivity contribution in [2.45, 2.75) is 51.7 Å². The van der Waals surface area contributed by atoms with Crippen molar-refractivity contribution in [3.05, 3.63) is 46.9 Å². The van der Waals surface area contributed by atoms with Crippen molar-refractivity contribution in [1.29, 1.82) is 0 Å². The van der Waals surface area contributed by atoms with E-state index in [0.717, 1.165) is 29.6 Å². The first-order valence-electron chi connectivity index (χ1n) is 9.24. The molecule has 0 N–H and O–H groups in total. The highest BCUT2D eigenvalue weighted by Gasteiger charge is 2.29. The largest absolute Gasteiger partial charge is 0.336 e. The average Bonchev–Trinajstić information content (AvgIpc) is 3.09. The van der Waals surface area contributed by atoms with Crippen LogP contribution >= 0.6 is 0 Å². The third kappa shape index (κ3) is 3.11. The summed E-state index contributed by atoms with van der Waals surface area (Å²) in [6.45, 7) is 4.00. The molecule has 8 nitrogen and oxygen atoms in total. The Hall–Kier alpha value is -3.03. The molecule has 0 unspecified atom stereocenters. The Kier molecular flexibility index (Phi) is 4.47. The SMILES string of the molecule is C[C@@H]1CCC[C@H](C)N1C(=O)Cn1nnc2c(cnn2-c2ccccc2)c1=O. The van der Waals surface area contributed by atoms with Crippen LogP contribution in [0.3, 0.4) is 0 Å². The van der Waals surface area contributed by atoms with Crippen LogP contribution in [0.25, 0.3) is 16.7 Å². The van der Waals surface area contributed by atoms with Crippen molar-refractivity contribution in [3.8, 4) is 5.69 Å². The van der Waals surface area contributed by atoms with Gasteiger partial charge in [0.2, 0.25) is 5.91 Å². The second-order valence-electron chi connectivity index (χ2n) is 7.11. The van der Waals surface area contributed by atoms with Crippen LogP contribution in [0.5, 0.6) is 0 Å². The summed E-state index contributed by atoms with van der Waals surface area (Å²) < 4.78 is 2.71. The fourth-order valence-corrected chi connectivity index (χ4v) is 3.85. The van der Waals surface area contributed by atoms with Crippen LogP contribution in [0, 0.1) is 0 Å². The molecule has 2 aromatic heterocycles. The number of carbonyl (C=O) groups excluding carboxylic acids is 1. The highest BCUT2D eigenvalue weighted by atomic mass is 16.2. The Morgan fingerprint density at radius 1 is 1.15 bits per heavy atom. The summed E-state index contributed by atoms with van der Waals surface area (Å²) in [5, 5.41) is 12.8. The van der Waals surface area contributed by atoms with Gasteiger partial charge in [-0.05, 0) is 45.2 Å². The Morgan fingerprint density at radius 2 is 1.85 bits per heavy atom. The summed E-state index contributed by atoms with van der Waals surface area (Å²) in [6, 6.07) is 9.78. The van der Waals surface area contributed by atoms with Gasteiger partial charge in [0.25, 0.3) is 5.56 Å². The van der Waals surface area contributed by atoms with Crippen molar-refractivity contribution in [1.82, 2.24) is 29.7 Å². The molecule has 3 aromatic rings. The Labute approximate surface area is 156 Å². The number of para-hydroxylation sites is 1. The van der Waals surface area contributed by atoms with Crippen molar-refractivity contribution < 1.29 is 4.79 Å². The molecule has 8 heteroatoms. The Bertz CT molecular complexity index is 1020. The van der Waals surface area contributed by atoms with E-state index in [1.807, 2.05) is 35.2 Å². The number of hydrogen-bond acceptors (Lipinski definition) is 5. The van der Waals surface area contributed by atoms with Crippen LogP contribution in [0.15, 0.2) is 41.3 Å². The molecular formula is C19H22N6O2. The lowest BCUT2D eigenvalue weighted by atomic mass is 9.97. The molecule has 0 saturated carbocycles. The van der Waals surface area contributed by atoms with Gasteiger partial charge in [-0.1, -0.05) is 23.4 Å². The molecule has 4 rings (SSSR count). The molecule has 0 bridgehead atoms. The molecule has 1 amide bonds. The topological polar surface area (TPSA) is 85.9 Å². The van der Waals surface area contributed by atoms with E-state index in [1.54, 1.807) is 4.68 Å². The van der Waals surface area contributed by atoms with Crippen molar-refractivity contribution >= 4 is 16.9 Å². The van der Waals surface area contributed by atoms with Crippen molar-refractivity contribution in [2.24, 2.45) is 0 Å². The summed E-state index contributed by atoms with van der Waals surface area (Å²) in [4.78, 5) is 27.4. The van der Waals surface area contributed by atoms with Crippen LogP contribution in [-0.4, -0.2) is 47.7 Å². The molecule has 1 aromatic carbocycles. The molecule has 3 heterocycles. The normalized spacial score (nSPS) is 20.1. The first kappa shape index (κ1) is 17.4. The van der Waals surface area contributed by atoms with Crippen LogP contribution in [0.2, 0.25) is 0 Å². The highest BCUT2D eigenvalue weighted by Crippen LogP contribution is 2.22. The second-order valence-corrected chi connectivity index (χ2v) is 7.11. The maximum atomic E-state index is 12.8. The number of rotatable bonds is 3. The minimum Gasteiger partial charge on any atom is -0.336 e. The van der Waals surface area contributed by atoms with Gasteiger partial charge in [0.1, 0.15) is 11.9 Å². The number of likely N-dealkylation sites (tertiary alicyclic amines) is 1. The van der Waals surface area contributed by atoms with E-state index in [1.165, 1.54) is 6.20 Å². The van der Waals surface area contributed by atoms with E-state index in [2.05, 4.69) is 29.3 Å². The Morgan fingerprint density at radius 3 is 2.56 bits per heavy atom. The quantitative estimate of drug-likeness (QED) is 0.705. The summed E-state index contributed by atoms with van der Waals surface area (Å²) in [6.07, 6.45) is 4.57. The molecule has 1 saturated heterocycles. The molecule has 0 spiro atoms. The zero-order valence-corrected chi connectivity index (χ0v) is 15.4. The van der Waals surface area contributed by atoms with Gasteiger partial charge >= 0.3 is 0 Å². The molecule has 0 aliphatic carbocycles. The van der Waals surface area contributed by atoms with Gasteiger partial charge in [0.05, 0.1) is 11.9 Å². The zero-order chi connectivity index (χ0) is 19.0. The fraction of sp³-hybridized carbons (Fsp3) is 0.421. The lowest BCUT2D eigenvalue weighted by Gasteiger charge is -2.39. The maximum absolute atomic E-state index is 12.8. The minimum absolute atomic E-state index is 0.0964. The number of carbonyl (C=O) groups is 1. The van der Waals surface area contributed by atoms with Gasteiger partial charge < -0.3 is 4.90 Å². The van der Waals surface area contributed by atoms with Gasteiger partial charge in [-0.3, -0.25) is 9.59 Å². The van der Waals surface area contributed by atoms with Crippen LogP contribution in [-0.2, 0) is 11.3 Å². The van der Waals surface area contributed by atoms with Crippen LogP contribution in [0.1, 0.15) is 33.1 Å². The summed E-state index contributed by atoms with van der Waals surface area (Å²) in [5.74, 6) is -0.0964. The molecule has 1 aliphatic rings. The number of hydrogen-bond donors (Lipinski definition) is 0. The first-order chi connectivity index (χ1) is 13.1. The maximum Gasteiger partial charge on any atom is 0.281 e. The fourth-order valence-electron chi connectivity index (χ4n) is 3.85. The zero-order valence-electron chi connectivity index (χ0n) is 15.4. The third-order valence-corrected chi connectivity index (χ3v) is 5.22. The van der Waals surface area contributed by atoms with E-state index < -0.39 is 0 Å². The van der Waals surface area contributed by atoms with Gasteiger partial charge in [-0.15, -0.1) is 5.10 Å². The number of nitrogens with zero attached hydrogens (tertiary/aromatic N) is 6. The summed E-state index contributed by atoms with van der Waals surface area (Å²) >= 11 is 0. The van der Waals surface area contributed by atoms with E-state index in [9.17, 15) is 9.59 Å². The standard InChI is InChI=1S/C19H22N6O2/c1-13-7-6-8-14(2)24(13)17(26)12-23-19(27)16-11-20-25(18(16)21-22-23)15-9-4-3-5-10-15/h3-5,9-11,13-14H,6-8,12H2,1-2H3/t13-,14+. The second kappa shape index (κ2) is 6.94. The molecule has 140 valence electrons. The number of benzene rings is 1. The predicted molar refractivity (Wildman–Crippen MR) is 101 cm³/mol.